The summed E-state index contributed by atoms with van der Waals surface area (Å²) in [5.74, 6) is 0.596. The Bertz CT molecular complexity index is 316. The predicted molar refractivity (Wildman–Crippen MR) is 61.4 cm³/mol. The number of nitrogens with zero attached hydrogens (tertiary/aromatic N) is 1. The van der Waals surface area contributed by atoms with Gasteiger partial charge in [0.15, 0.2) is 0 Å². The van der Waals surface area contributed by atoms with Gasteiger partial charge in [-0.2, -0.15) is 0 Å². The Balaban J connectivity index is 2.72. The highest BCUT2D eigenvalue weighted by Crippen LogP contribution is 2.24. The van der Waals surface area contributed by atoms with Gasteiger partial charge in [-0.1, -0.05) is 32.4 Å². The fraction of sp³-hybridized carbons (Fsp3) is 0.545. The van der Waals surface area contributed by atoms with Crippen LogP contribution in [0.2, 0.25) is 5.02 Å². The van der Waals surface area contributed by atoms with Crippen LogP contribution in [0.4, 0.5) is 5.82 Å². The zero-order chi connectivity index (χ0) is 10.8. The number of aromatic nitrogens is 1. The molecule has 78 valence electrons. The number of hydrogen-bond acceptors (Lipinski definition) is 2. The van der Waals surface area contributed by atoms with E-state index in [2.05, 4.69) is 25.8 Å². The van der Waals surface area contributed by atoms with Crippen molar-refractivity contribution in [2.75, 3.05) is 5.73 Å². The van der Waals surface area contributed by atoms with Gasteiger partial charge in [-0.05, 0) is 29.9 Å². The first-order valence-electron chi connectivity index (χ1n) is 4.78. The van der Waals surface area contributed by atoms with E-state index in [1.807, 2.05) is 6.07 Å². The lowest BCUT2D eigenvalue weighted by molar-refractivity contribution is 0.378. The third-order valence-electron chi connectivity index (χ3n) is 2.11. The molecule has 0 aliphatic heterocycles. The second-order valence-electron chi connectivity index (χ2n) is 4.76. The van der Waals surface area contributed by atoms with Crippen LogP contribution in [0.3, 0.4) is 0 Å². The van der Waals surface area contributed by atoms with E-state index in [9.17, 15) is 0 Å². The van der Waals surface area contributed by atoms with E-state index in [0.29, 0.717) is 16.3 Å². The molecule has 2 nitrogen and oxygen atoms in total. The van der Waals surface area contributed by atoms with Crippen LogP contribution in [0.5, 0.6) is 0 Å². The van der Waals surface area contributed by atoms with E-state index in [4.69, 9.17) is 17.3 Å². The van der Waals surface area contributed by atoms with Crippen molar-refractivity contribution >= 4 is 17.4 Å². The Morgan fingerprint density at radius 1 is 1.43 bits per heavy atom. The minimum absolute atomic E-state index is 0.314. The molecule has 0 radical (unpaired) electrons. The molecule has 0 saturated heterocycles. The second kappa shape index (κ2) is 4.18. The fourth-order valence-electron chi connectivity index (χ4n) is 1.20. The lowest BCUT2D eigenvalue weighted by Crippen LogP contribution is -2.08. The highest BCUT2D eigenvalue weighted by atomic mass is 35.5. The Morgan fingerprint density at radius 3 is 2.64 bits per heavy atom. The molecule has 0 saturated carbocycles. The first-order chi connectivity index (χ1) is 6.38. The summed E-state index contributed by atoms with van der Waals surface area (Å²) in [6, 6.07) is 1.90. The first-order valence-corrected chi connectivity index (χ1v) is 5.16. The van der Waals surface area contributed by atoms with E-state index < -0.39 is 0 Å². The van der Waals surface area contributed by atoms with Gasteiger partial charge < -0.3 is 5.73 Å². The molecule has 0 unspecified atom stereocenters. The molecule has 0 spiro atoms. The summed E-state index contributed by atoms with van der Waals surface area (Å²) in [6.45, 7) is 6.63. The summed E-state index contributed by atoms with van der Waals surface area (Å²) in [4.78, 5) is 4.03. The van der Waals surface area contributed by atoms with Gasteiger partial charge in [0.2, 0.25) is 0 Å². The largest absolute Gasteiger partial charge is 0.383 e. The minimum Gasteiger partial charge on any atom is -0.383 e. The molecule has 0 amide bonds. The van der Waals surface area contributed by atoms with Gasteiger partial charge in [-0.3, -0.25) is 0 Å². The molecule has 2 N–H and O–H groups in total. The molecule has 1 aromatic rings. The van der Waals surface area contributed by atoms with Crippen molar-refractivity contribution in [1.82, 2.24) is 4.98 Å². The van der Waals surface area contributed by atoms with Gasteiger partial charge >= 0.3 is 0 Å². The number of hydrogen-bond donors (Lipinski definition) is 1. The Kier molecular flexibility index (Phi) is 3.38. The van der Waals surface area contributed by atoms with E-state index in [0.717, 1.165) is 18.4 Å². The standard InChI is InChI=1S/C11H17ClN2/c1-11(2,3)5-4-8-6-9(12)7-14-10(8)13/h6-7H,4-5H2,1-3H3,(H2,13,14). The summed E-state index contributed by atoms with van der Waals surface area (Å²) in [6.07, 6.45) is 3.60. The van der Waals surface area contributed by atoms with E-state index in [1.54, 1.807) is 6.20 Å². The quantitative estimate of drug-likeness (QED) is 0.817. The SMILES string of the molecule is CC(C)(C)CCc1cc(Cl)cnc1N. The van der Waals surface area contributed by atoms with Crippen molar-refractivity contribution in [1.29, 1.82) is 0 Å². The molecule has 0 aliphatic rings. The van der Waals surface area contributed by atoms with Gasteiger partial charge in [-0.15, -0.1) is 0 Å². The molecule has 0 atom stereocenters. The Hall–Kier alpha value is -0.760. The van der Waals surface area contributed by atoms with Gasteiger partial charge in [0.05, 0.1) is 5.02 Å². The third-order valence-corrected chi connectivity index (χ3v) is 2.32. The van der Waals surface area contributed by atoms with Crippen molar-refractivity contribution in [3.05, 3.63) is 22.8 Å². The number of pyridine rings is 1. The van der Waals surface area contributed by atoms with Crippen LogP contribution in [0.25, 0.3) is 0 Å². The lowest BCUT2D eigenvalue weighted by Gasteiger charge is -2.18. The van der Waals surface area contributed by atoms with Crippen LogP contribution >= 0.6 is 11.6 Å². The van der Waals surface area contributed by atoms with E-state index in [1.165, 1.54) is 0 Å². The van der Waals surface area contributed by atoms with E-state index in [-0.39, 0.29) is 0 Å². The molecular weight excluding hydrogens is 196 g/mol. The van der Waals surface area contributed by atoms with Crippen molar-refractivity contribution in [2.45, 2.75) is 33.6 Å². The third kappa shape index (κ3) is 3.54. The summed E-state index contributed by atoms with van der Waals surface area (Å²) in [7, 11) is 0. The fourth-order valence-corrected chi connectivity index (χ4v) is 1.38. The van der Waals surface area contributed by atoms with Gasteiger partial charge in [0, 0.05) is 6.20 Å². The Morgan fingerprint density at radius 2 is 2.07 bits per heavy atom. The van der Waals surface area contributed by atoms with Crippen LogP contribution in [0, 0.1) is 5.41 Å². The molecule has 1 rings (SSSR count). The molecule has 0 fully saturated rings. The van der Waals surface area contributed by atoms with Crippen LogP contribution in [0.15, 0.2) is 12.3 Å². The van der Waals surface area contributed by atoms with Crippen molar-refractivity contribution in [3.63, 3.8) is 0 Å². The number of anilines is 1. The molecule has 1 aromatic heterocycles. The second-order valence-corrected chi connectivity index (χ2v) is 5.19. The maximum atomic E-state index is 5.85. The molecule has 0 bridgehead atoms. The summed E-state index contributed by atoms with van der Waals surface area (Å²) in [5.41, 5.74) is 7.11. The number of aryl methyl sites for hydroxylation is 1. The molecule has 14 heavy (non-hydrogen) atoms. The van der Waals surface area contributed by atoms with Gasteiger partial charge in [-0.25, -0.2) is 4.98 Å². The molecule has 0 aromatic carbocycles. The summed E-state index contributed by atoms with van der Waals surface area (Å²) < 4.78 is 0. The van der Waals surface area contributed by atoms with Gasteiger partial charge in [0.1, 0.15) is 5.82 Å². The van der Waals surface area contributed by atoms with Crippen molar-refractivity contribution < 1.29 is 0 Å². The zero-order valence-corrected chi connectivity index (χ0v) is 9.73. The Labute approximate surface area is 90.5 Å². The van der Waals surface area contributed by atoms with Crippen molar-refractivity contribution in [3.8, 4) is 0 Å². The average Bonchev–Trinajstić information content (AvgIpc) is 2.05. The van der Waals surface area contributed by atoms with Gasteiger partial charge in [0.25, 0.3) is 0 Å². The maximum Gasteiger partial charge on any atom is 0.126 e. The summed E-state index contributed by atoms with van der Waals surface area (Å²) >= 11 is 5.85. The number of rotatable bonds is 2. The van der Waals surface area contributed by atoms with E-state index >= 15 is 0 Å². The zero-order valence-electron chi connectivity index (χ0n) is 8.97. The predicted octanol–water partition coefficient (Wildman–Crippen LogP) is 3.30. The first kappa shape index (κ1) is 11.3. The molecule has 3 heteroatoms. The van der Waals surface area contributed by atoms with Crippen LogP contribution in [0.1, 0.15) is 32.8 Å². The number of nitrogen functional groups attached to an aromatic ring is 1. The van der Waals surface area contributed by atoms with Crippen LogP contribution < -0.4 is 5.73 Å². The molecule has 0 aliphatic carbocycles. The number of halogens is 1. The monoisotopic (exact) mass is 212 g/mol. The number of nitrogens with two attached hydrogens (primary N) is 1. The normalized spacial score (nSPS) is 11.7. The maximum absolute atomic E-state index is 5.85. The summed E-state index contributed by atoms with van der Waals surface area (Å²) in [5, 5.41) is 0.656. The molecule has 1 heterocycles. The topological polar surface area (TPSA) is 38.9 Å². The minimum atomic E-state index is 0.314. The highest BCUT2D eigenvalue weighted by Gasteiger charge is 2.11. The van der Waals surface area contributed by atoms with Crippen LogP contribution in [-0.4, -0.2) is 4.98 Å². The van der Waals surface area contributed by atoms with Crippen molar-refractivity contribution in [2.24, 2.45) is 5.41 Å². The lowest BCUT2D eigenvalue weighted by atomic mass is 9.89. The smallest absolute Gasteiger partial charge is 0.126 e. The van der Waals surface area contributed by atoms with Crippen LogP contribution in [-0.2, 0) is 6.42 Å². The average molecular weight is 213 g/mol. The molecular formula is C11H17ClN2. The highest BCUT2D eigenvalue weighted by molar-refractivity contribution is 6.30.